The number of nitrogens with zero attached hydrogens (tertiary/aromatic N) is 4. The Morgan fingerprint density at radius 1 is 1.10 bits per heavy atom. The van der Waals surface area contributed by atoms with Crippen LogP contribution in [0.1, 0.15) is 24.1 Å². The van der Waals surface area contributed by atoms with Crippen LogP contribution in [-0.2, 0) is 12.8 Å². The van der Waals surface area contributed by atoms with Crippen LogP contribution >= 0.6 is 24.0 Å². The maximum absolute atomic E-state index is 4.67. The topological polar surface area (TPSA) is 44.9 Å². The van der Waals surface area contributed by atoms with E-state index in [4.69, 9.17) is 0 Å². The van der Waals surface area contributed by atoms with Crippen molar-refractivity contribution in [3.63, 3.8) is 0 Å². The molecule has 0 amide bonds. The SMILES string of the molecule is CN=C(NCCc1cn2ccccc2n1)N1CCC(Cc2ccccc2)CC1.I. The number of aliphatic imine (C=N–C) groups is 1. The number of nitrogens with one attached hydrogen (secondary N) is 1. The molecule has 0 unspecified atom stereocenters. The van der Waals surface area contributed by atoms with Gasteiger partial charge in [0.1, 0.15) is 5.65 Å². The van der Waals surface area contributed by atoms with Crippen LogP contribution in [0.2, 0.25) is 0 Å². The van der Waals surface area contributed by atoms with Gasteiger partial charge in [0.15, 0.2) is 5.96 Å². The van der Waals surface area contributed by atoms with E-state index in [1.807, 2.05) is 31.4 Å². The Kier molecular flexibility index (Phi) is 7.91. The van der Waals surface area contributed by atoms with Crippen molar-refractivity contribution in [1.29, 1.82) is 0 Å². The Hall–Kier alpha value is -2.09. The molecule has 3 heterocycles. The average Bonchev–Trinajstić information content (AvgIpc) is 3.16. The zero-order valence-corrected chi connectivity index (χ0v) is 19.3. The van der Waals surface area contributed by atoms with Crippen LogP contribution in [0.25, 0.3) is 5.65 Å². The van der Waals surface area contributed by atoms with Crippen LogP contribution in [0, 0.1) is 5.92 Å². The van der Waals surface area contributed by atoms with Gasteiger partial charge in [0.25, 0.3) is 0 Å². The zero-order valence-electron chi connectivity index (χ0n) is 17.0. The molecule has 1 saturated heterocycles. The summed E-state index contributed by atoms with van der Waals surface area (Å²) in [4.78, 5) is 11.6. The second-order valence-corrected chi connectivity index (χ2v) is 7.54. The van der Waals surface area contributed by atoms with Crippen LogP contribution in [0.15, 0.2) is 65.9 Å². The maximum atomic E-state index is 4.67. The van der Waals surface area contributed by atoms with Gasteiger partial charge in [-0.2, -0.15) is 0 Å². The lowest BCUT2D eigenvalue weighted by atomic mass is 9.90. The van der Waals surface area contributed by atoms with E-state index in [0.29, 0.717) is 0 Å². The third kappa shape index (κ3) is 5.72. The van der Waals surface area contributed by atoms with Crippen molar-refractivity contribution in [3.8, 4) is 0 Å². The molecular formula is C23H30IN5. The van der Waals surface area contributed by atoms with Gasteiger partial charge >= 0.3 is 0 Å². The highest BCUT2D eigenvalue weighted by Crippen LogP contribution is 2.21. The molecule has 0 spiro atoms. The first-order valence-electron chi connectivity index (χ1n) is 10.2. The molecule has 1 aliphatic rings. The molecule has 0 aliphatic carbocycles. The monoisotopic (exact) mass is 503 g/mol. The van der Waals surface area contributed by atoms with E-state index < -0.39 is 0 Å². The predicted molar refractivity (Wildman–Crippen MR) is 130 cm³/mol. The molecule has 0 saturated carbocycles. The number of likely N-dealkylation sites (tertiary alicyclic amines) is 1. The summed E-state index contributed by atoms with van der Waals surface area (Å²) in [5.74, 6) is 1.79. The summed E-state index contributed by atoms with van der Waals surface area (Å²) in [6.07, 6.45) is 8.68. The highest BCUT2D eigenvalue weighted by molar-refractivity contribution is 14.0. The zero-order chi connectivity index (χ0) is 19.2. The third-order valence-corrected chi connectivity index (χ3v) is 5.57. The number of fused-ring (bicyclic) bond motifs is 1. The molecule has 1 fully saturated rings. The molecule has 6 heteroatoms. The van der Waals surface area contributed by atoms with Crippen LogP contribution in [-0.4, -0.2) is 46.9 Å². The fraction of sp³-hybridized carbons (Fsp3) is 0.391. The molecule has 1 aliphatic heterocycles. The molecular weight excluding hydrogens is 473 g/mol. The van der Waals surface area contributed by atoms with E-state index in [1.54, 1.807) is 0 Å². The Bertz CT molecular complexity index is 880. The minimum atomic E-state index is 0. The number of imidazole rings is 1. The average molecular weight is 503 g/mol. The number of pyridine rings is 1. The Balaban J connectivity index is 0.00000240. The molecule has 0 radical (unpaired) electrons. The van der Waals surface area contributed by atoms with E-state index in [9.17, 15) is 0 Å². The van der Waals surface area contributed by atoms with Crippen LogP contribution < -0.4 is 5.32 Å². The van der Waals surface area contributed by atoms with E-state index in [0.717, 1.165) is 49.3 Å². The molecule has 5 nitrogen and oxygen atoms in total. The van der Waals surface area contributed by atoms with Gasteiger partial charge < -0.3 is 14.6 Å². The summed E-state index contributed by atoms with van der Waals surface area (Å²) in [7, 11) is 1.88. The quantitative estimate of drug-likeness (QED) is 0.325. The lowest BCUT2D eigenvalue weighted by Crippen LogP contribution is -2.46. The number of piperidine rings is 1. The lowest BCUT2D eigenvalue weighted by Gasteiger charge is -2.34. The number of benzene rings is 1. The lowest BCUT2D eigenvalue weighted by molar-refractivity contribution is 0.259. The normalized spacial score (nSPS) is 15.3. The van der Waals surface area contributed by atoms with Gasteiger partial charge in [-0.15, -0.1) is 24.0 Å². The maximum Gasteiger partial charge on any atom is 0.193 e. The summed E-state index contributed by atoms with van der Waals surface area (Å²) >= 11 is 0. The number of guanidine groups is 1. The highest BCUT2D eigenvalue weighted by Gasteiger charge is 2.21. The fourth-order valence-electron chi connectivity index (χ4n) is 4.04. The summed E-state index contributed by atoms with van der Waals surface area (Å²) < 4.78 is 2.07. The van der Waals surface area contributed by atoms with Crippen LogP contribution in [0.5, 0.6) is 0 Å². The summed E-state index contributed by atoms with van der Waals surface area (Å²) in [5, 5.41) is 3.52. The van der Waals surface area contributed by atoms with E-state index in [2.05, 4.69) is 61.1 Å². The largest absolute Gasteiger partial charge is 0.356 e. The molecule has 0 atom stereocenters. The van der Waals surface area contributed by atoms with E-state index in [-0.39, 0.29) is 24.0 Å². The summed E-state index contributed by atoms with van der Waals surface area (Å²) in [5.41, 5.74) is 3.56. The van der Waals surface area contributed by atoms with Gasteiger partial charge in [0.05, 0.1) is 5.69 Å². The summed E-state index contributed by atoms with van der Waals surface area (Å²) in [6.45, 7) is 3.00. The standard InChI is InChI=1S/C23H29N5.HI/c1-24-23(25-13-10-21-18-28-14-6-5-9-22(28)26-21)27-15-11-20(12-16-27)17-19-7-3-2-4-8-19;/h2-9,14,18,20H,10-13,15-17H2,1H3,(H,24,25);1H. The van der Waals surface area contributed by atoms with Crippen LogP contribution in [0.3, 0.4) is 0 Å². The van der Waals surface area contributed by atoms with Gasteiger partial charge in [0.2, 0.25) is 0 Å². The molecule has 154 valence electrons. The molecule has 1 aromatic carbocycles. The van der Waals surface area contributed by atoms with Crippen molar-refractivity contribution in [2.75, 3.05) is 26.7 Å². The Morgan fingerprint density at radius 3 is 2.59 bits per heavy atom. The molecule has 2 aromatic heterocycles. The Morgan fingerprint density at radius 2 is 1.86 bits per heavy atom. The van der Waals surface area contributed by atoms with Gasteiger partial charge in [-0.05, 0) is 42.9 Å². The van der Waals surface area contributed by atoms with Gasteiger partial charge in [-0.1, -0.05) is 36.4 Å². The second-order valence-electron chi connectivity index (χ2n) is 7.54. The van der Waals surface area contributed by atoms with Crippen molar-refractivity contribution in [2.45, 2.75) is 25.7 Å². The highest BCUT2D eigenvalue weighted by atomic mass is 127. The van der Waals surface area contributed by atoms with Gasteiger partial charge in [-0.25, -0.2) is 4.98 Å². The van der Waals surface area contributed by atoms with Crippen molar-refractivity contribution in [2.24, 2.45) is 10.9 Å². The number of rotatable bonds is 5. The number of hydrogen-bond acceptors (Lipinski definition) is 2. The van der Waals surface area contributed by atoms with Gasteiger partial charge in [0, 0.05) is 45.5 Å². The number of hydrogen-bond donors (Lipinski definition) is 1. The van der Waals surface area contributed by atoms with E-state index in [1.165, 1.54) is 24.8 Å². The fourth-order valence-corrected chi connectivity index (χ4v) is 4.04. The molecule has 0 bridgehead atoms. The molecule has 3 aromatic rings. The minimum absolute atomic E-state index is 0. The molecule has 4 rings (SSSR count). The minimum Gasteiger partial charge on any atom is -0.356 e. The third-order valence-electron chi connectivity index (χ3n) is 5.57. The summed E-state index contributed by atoms with van der Waals surface area (Å²) in [6, 6.07) is 16.9. The molecule has 1 N–H and O–H groups in total. The van der Waals surface area contributed by atoms with Crippen molar-refractivity contribution in [3.05, 3.63) is 72.2 Å². The second kappa shape index (κ2) is 10.6. The predicted octanol–water partition coefficient (Wildman–Crippen LogP) is 4.02. The van der Waals surface area contributed by atoms with Crippen LogP contribution in [0.4, 0.5) is 0 Å². The number of halogens is 1. The number of aromatic nitrogens is 2. The van der Waals surface area contributed by atoms with Crippen molar-refractivity contribution < 1.29 is 0 Å². The van der Waals surface area contributed by atoms with Crippen molar-refractivity contribution >= 4 is 35.6 Å². The first-order valence-corrected chi connectivity index (χ1v) is 10.2. The first-order chi connectivity index (χ1) is 13.8. The Labute approximate surface area is 190 Å². The van der Waals surface area contributed by atoms with Crippen molar-refractivity contribution in [1.82, 2.24) is 19.6 Å². The molecule has 29 heavy (non-hydrogen) atoms. The first kappa shape index (κ1) is 21.6. The van der Waals surface area contributed by atoms with Gasteiger partial charge in [-0.3, -0.25) is 4.99 Å². The van der Waals surface area contributed by atoms with E-state index >= 15 is 0 Å². The smallest absolute Gasteiger partial charge is 0.193 e.